The van der Waals surface area contributed by atoms with E-state index in [0.717, 1.165) is 0 Å². The van der Waals surface area contributed by atoms with Gasteiger partial charge in [0.2, 0.25) is 5.75 Å². The van der Waals surface area contributed by atoms with Gasteiger partial charge in [-0.3, -0.25) is 9.59 Å². The molecule has 0 radical (unpaired) electrons. The van der Waals surface area contributed by atoms with Gasteiger partial charge < -0.3 is 24.8 Å². The third-order valence-corrected chi connectivity index (χ3v) is 4.63. The van der Waals surface area contributed by atoms with Crippen molar-refractivity contribution in [3.8, 4) is 17.2 Å². The Morgan fingerprint density at radius 2 is 1.26 bits per heavy atom. The molecule has 0 spiro atoms. The van der Waals surface area contributed by atoms with Crippen LogP contribution in [0, 0.1) is 0 Å². The molecule has 0 saturated carbocycles. The standard InChI is InChI=1S/C23H21ClN2O5/c1-29-19-11-15(12-20(30-2)21(19)31-3)23(28)25-17-8-4-6-14(10-17)22(27)26-18-9-5-7-16(24)13-18/h4-13H,1-3H3,(H,25,28)(H,26,27). The molecule has 0 aliphatic heterocycles. The minimum Gasteiger partial charge on any atom is -0.493 e. The fourth-order valence-corrected chi connectivity index (χ4v) is 3.11. The van der Waals surface area contributed by atoms with Crippen molar-refractivity contribution in [1.29, 1.82) is 0 Å². The van der Waals surface area contributed by atoms with Crippen LogP contribution in [0.4, 0.5) is 11.4 Å². The molecule has 160 valence electrons. The molecule has 0 atom stereocenters. The second kappa shape index (κ2) is 9.86. The summed E-state index contributed by atoms with van der Waals surface area (Å²) in [7, 11) is 4.43. The number of anilines is 2. The van der Waals surface area contributed by atoms with Crippen LogP contribution < -0.4 is 24.8 Å². The molecular formula is C23H21ClN2O5. The number of hydrogen-bond acceptors (Lipinski definition) is 5. The minimum absolute atomic E-state index is 0.309. The Bertz CT molecular complexity index is 1090. The molecule has 31 heavy (non-hydrogen) atoms. The normalized spacial score (nSPS) is 10.2. The van der Waals surface area contributed by atoms with Crippen LogP contribution in [-0.2, 0) is 0 Å². The van der Waals surface area contributed by atoms with E-state index in [1.54, 1.807) is 60.7 Å². The SMILES string of the molecule is COc1cc(C(=O)Nc2cccc(C(=O)Nc3cccc(Cl)c3)c2)cc(OC)c1OC. The van der Waals surface area contributed by atoms with Gasteiger partial charge in [-0.2, -0.15) is 0 Å². The van der Waals surface area contributed by atoms with E-state index in [1.165, 1.54) is 21.3 Å². The van der Waals surface area contributed by atoms with Gasteiger partial charge in [0.25, 0.3) is 11.8 Å². The Morgan fingerprint density at radius 1 is 0.710 bits per heavy atom. The summed E-state index contributed by atoms with van der Waals surface area (Å²) in [6, 6.07) is 16.5. The fourth-order valence-electron chi connectivity index (χ4n) is 2.92. The molecule has 0 aromatic heterocycles. The van der Waals surface area contributed by atoms with Crippen LogP contribution in [0.25, 0.3) is 0 Å². The molecule has 7 nitrogen and oxygen atoms in total. The van der Waals surface area contributed by atoms with E-state index in [1.807, 2.05) is 0 Å². The van der Waals surface area contributed by atoms with Crippen molar-refractivity contribution in [2.24, 2.45) is 0 Å². The molecule has 2 amide bonds. The van der Waals surface area contributed by atoms with Gasteiger partial charge in [0, 0.05) is 27.5 Å². The van der Waals surface area contributed by atoms with Crippen LogP contribution in [-0.4, -0.2) is 33.1 Å². The summed E-state index contributed by atoms with van der Waals surface area (Å²) >= 11 is 5.95. The van der Waals surface area contributed by atoms with Gasteiger partial charge in [0.1, 0.15) is 0 Å². The van der Waals surface area contributed by atoms with Crippen molar-refractivity contribution in [2.75, 3.05) is 32.0 Å². The lowest BCUT2D eigenvalue weighted by atomic mass is 10.1. The third kappa shape index (κ3) is 5.26. The van der Waals surface area contributed by atoms with Gasteiger partial charge in [0.15, 0.2) is 11.5 Å². The minimum atomic E-state index is -0.397. The maximum atomic E-state index is 12.8. The fraction of sp³-hybridized carbons (Fsp3) is 0.130. The van der Waals surface area contributed by atoms with Crippen molar-refractivity contribution in [2.45, 2.75) is 0 Å². The van der Waals surface area contributed by atoms with E-state index in [0.29, 0.717) is 44.8 Å². The summed E-state index contributed by atoms with van der Waals surface area (Å²) in [6.45, 7) is 0. The zero-order chi connectivity index (χ0) is 22.4. The van der Waals surface area contributed by atoms with Crippen LogP contribution in [0.1, 0.15) is 20.7 Å². The zero-order valence-electron chi connectivity index (χ0n) is 17.2. The van der Waals surface area contributed by atoms with Gasteiger partial charge in [-0.15, -0.1) is 0 Å². The Morgan fingerprint density at radius 3 is 1.81 bits per heavy atom. The van der Waals surface area contributed by atoms with Crippen LogP contribution in [0.2, 0.25) is 5.02 Å². The molecule has 3 aromatic rings. The number of hydrogen-bond donors (Lipinski definition) is 2. The summed E-state index contributed by atoms with van der Waals surface area (Å²) in [5, 5.41) is 6.06. The lowest BCUT2D eigenvalue weighted by molar-refractivity contribution is 0.101. The first-order valence-electron chi connectivity index (χ1n) is 9.23. The summed E-state index contributed by atoms with van der Waals surface area (Å²) in [5.74, 6) is 0.391. The van der Waals surface area contributed by atoms with Gasteiger partial charge in [-0.1, -0.05) is 23.7 Å². The highest BCUT2D eigenvalue weighted by Crippen LogP contribution is 2.38. The number of benzene rings is 3. The van der Waals surface area contributed by atoms with Crippen LogP contribution in [0.3, 0.4) is 0 Å². The van der Waals surface area contributed by atoms with E-state index in [4.69, 9.17) is 25.8 Å². The average Bonchev–Trinajstić information content (AvgIpc) is 2.78. The second-order valence-corrected chi connectivity index (χ2v) is 6.85. The highest BCUT2D eigenvalue weighted by molar-refractivity contribution is 6.31. The summed E-state index contributed by atoms with van der Waals surface area (Å²) in [4.78, 5) is 25.3. The molecule has 0 bridgehead atoms. The Hall–Kier alpha value is -3.71. The molecule has 3 aromatic carbocycles. The van der Waals surface area contributed by atoms with Crippen molar-refractivity contribution >= 4 is 34.8 Å². The largest absolute Gasteiger partial charge is 0.493 e. The molecule has 3 rings (SSSR count). The zero-order valence-corrected chi connectivity index (χ0v) is 17.9. The topological polar surface area (TPSA) is 85.9 Å². The van der Waals surface area contributed by atoms with E-state index >= 15 is 0 Å². The second-order valence-electron chi connectivity index (χ2n) is 6.41. The number of halogens is 1. The van der Waals surface area contributed by atoms with Crippen molar-refractivity contribution in [3.63, 3.8) is 0 Å². The first-order chi connectivity index (χ1) is 14.9. The number of carbonyl (C=O) groups excluding carboxylic acids is 2. The summed E-state index contributed by atoms with van der Waals surface area (Å²) < 4.78 is 15.9. The number of nitrogens with one attached hydrogen (secondary N) is 2. The number of carbonyl (C=O) groups is 2. The number of amides is 2. The van der Waals surface area contributed by atoms with E-state index in [2.05, 4.69) is 10.6 Å². The molecule has 2 N–H and O–H groups in total. The highest BCUT2D eigenvalue weighted by atomic mass is 35.5. The summed E-state index contributed by atoms with van der Waals surface area (Å²) in [5.41, 5.74) is 1.72. The smallest absolute Gasteiger partial charge is 0.255 e. The Labute approximate surface area is 184 Å². The first-order valence-corrected chi connectivity index (χ1v) is 9.61. The third-order valence-electron chi connectivity index (χ3n) is 4.39. The molecule has 0 fully saturated rings. The first kappa shape index (κ1) is 22.0. The van der Waals surface area contributed by atoms with Crippen LogP contribution in [0.5, 0.6) is 17.2 Å². The Kier molecular flexibility index (Phi) is 6.99. The predicted octanol–water partition coefficient (Wildman–Crippen LogP) is 4.87. The van der Waals surface area contributed by atoms with Crippen molar-refractivity contribution in [3.05, 3.63) is 76.8 Å². The van der Waals surface area contributed by atoms with E-state index in [9.17, 15) is 9.59 Å². The summed E-state index contributed by atoms with van der Waals surface area (Å²) in [6.07, 6.45) is 0. The monoisotopic (exact) mass is 440 g/mol. The highest BCUT2D eigenvalue weighted by Gasteiger charge is 2.17. The average molecular weight is 441 g/mol. The Balaban J connectivity index is 1.79. The predicted molar refractivity (Wildman–Crippen MR) is 120 cm³/mol. The maximum Gasteiger partial charge on any atom is 0.255 e. The van der Waals surface area contributed by atoms with Crippen LogP contribution >= 0.6 is 11.6 Å². The number of ether oxygens (including phenoxy) is 3. The van der Waals surface area contributed by atoms with Gasteiger partial charge in [0.05, 0.1) is 21.3 Å². The quantitative estimate of drug-likeness (QED) is 0.547. The molecule has 0 saturated heterocycles. The van der Waals surface area contributed by atoms with Crippen molar-refractivity contribution in [1.82, 2.24) is 0 Å². The lowest BCUT2D eigenvalue weighted by Gasteiger charge is -2.14. The van der Waals surface area contributed by atoms with Gasteiger partial charge >= 0.3 is 0 Å². The lowest BCUT2D eigenvalue weighted by Crippen LogP contribution is -2.15. The molecule has 0 heterocycles. The van der Waals surface area contributed by atoms with E-state index in [-0.39, 0.29) is 5.91 Å². The molecule has 0 aliphatic rings. The number of rotatable bonds is 7. The van der Waals surface area contributed by atoms with Crippen molar-refractivity contribution < 1.29 is 23.8 Å². The number of methoxy groups -OCH3 is 3. The molecule has 8 heteroatoms. The maximum absolute atomic E-state index is 12.8. The van der Waals surface area contributed by atoms with Gasteiger partial charge in [-0.25, -0.2) is 0 Å². The molecular weight excluding hydrogens is 420 g/mol. The molecule has 0 unspecified atom stereocenters. The van der Waals surface area contributed by atoms with E-state index < -0.39 is 5.91 Å². The van der Waals surface area contributed by atoms with Crippen LogP contribution in [0.15, 0.2) is 60.7 Å². The van der Waals surface area contributed by atoms with Gasteiger partial charge in [-0.05, 0) is 48.5 Å². The molecule has 0 aliphatic carbocycles.